The molecule has 1 unspecified atom stereocenters. The van der Waals surface area contributed by atoms with E-state index in [9.17, 15) is 31.1 Å². The van der Waals surface area contributed by atoms with Crippen LogP contribution in [0.4, 0.5) is 37.0 Å². The molecule has 1 aromatic heterocycles. The van der Waals surface area contributed by atoms with Crippen molar-refractivity contribution in [2.75, 3.05) is 25.5 Å². The minimum Gasteiger partial charge on any atom is -0.475 e. The van der Waals surface area contributed by atoms with Gasteiger partial charge in [0.2, 0.25) is 0 Å². The fraction of sp³-hybridized carbons (Fsp3) is 0.562. The van der Waals surface area contributed by atoms with E-state index in [0.717, 1.165) is 50.7 Å². The number of carboxylic acid groups (broad SMARTS) is 1. The van der Waals surface area contributed by atoms with Crippen LogP contribution in [0.15, 0.2) is 18.3 Å². The van der Waals surface area contributed by atoms with E-state index in [-0.39, 0.29) is 11.9 Å². The summed E-state index contributed by atoms with van der Waals surface area (Å²) in [5.74, 6) is -2.86. The molecule has 7 nitrogen and oxygen atoms in total. The number of hydrogen-bond acceptors (Lipinski definition) is 4. The molecule has 2 heterocycles. The summed E-state index contributed by atoms with van der Waals surface area (Å²) < 4.78 is 69.7. The lowest BCUT2D eigenvalue weighted by Crippen LogP contribution is -2.40. The van der Waals surface area contributed by atoms with E-state index >= 15 is 0 Å². The third-order valence-electron chi connectivity index (χ3n) is 3.98. The summed E-state index contributed by atoms with van der Waals surface area (Å²) in [5.41, 5.74) is -0.834. The smallest absolute Gasteiger partial charge is 0.475 e. The number of halogens is 6. The number of amides is 2. The number of carboxylic acids is 1. The Hall–Kier alpha value is -2.57. The van der Waals surface area contributed by atoms with Crippen LogP contribution in [0.25, 0.3) is 0 Å². The number of alkyl halides is 6. The number of aliphatic carboxylic acids is 1. The first-order valence-electron chi connectivity index (χ1n) is 8.40. The molecule has 0 spiro atoms. The number of nitrogens with one attached hydrogen (secondary N) is 2. The van der Waals surface area contributed by atoms with E-state index in [2.05, 4.69) is 15.6 Å². The van der Waals surface area contributed by atoms with Gasteiger partial charge in [0, 0.05) is 19.3 Å². The van der Waals surface area contributed by atoms with Crippen molar-refractivity contribution in [1.29, 1.82) is 0 Å². The molecular formula is C16H20F6N4O3. The summed E-state index contributed by atoms with van der Waals surface area (Å²) in [7, 11) is 1.65. The minimum atomic E-state index is -5.08. The SMILES string of the molecule is CN(C(=O)Nc1cc(C(F)(F)F)ccn1)C1CCCNCC1.O=C(O)C(F)(F)F. The molecule has 29 heavy (non-hydrogen) atoms. The summed E-state index contributed by atoms with van der Waals surface area (Å²) in [6.45, 7) is 1.74. The molecule has 0 radical (unpaired) electrons. The molecule has 2 amide bonds. The molecular weight excluding hydrogens is 410 g/mol. The topological polar surface area (TPSA) is 94.6 Å². The van der Waals surface area contributed by atoms with Gasteiger partial charge in [0.1, 0.15) is 5.82 Å². The average molecular weight is 430 g/mol. The van der Waals surface area contributed by atoms with Crippen molar-refractivity contribution in [3.63, 3.8) is 0 Å². The third-order valence-corrected chi connectivity index (χ3v) is 3.98. The van der Waals surface area contributed by atoms with Gasteiger partial charge in [0.05, 0.1) is 5.56 Å². The van der Waals surface area contributed by atoms with Gasteiger partial charge in [-0.05, 0) is 44.5 Å². The first-order chi connectivity index (χ1) is 13.3. The molecule has 2 rings (SSSR count). The second-order valence-electron chi connectivity index (χ2n) is 6.11. The molecule has 13 heteroatoms. The van der Waals surface area contributed by atoms with E-state index in [1.54, 1.807) is 7.05 Å². The van der Waals surface area contributed by atoms with Gasteiger partial charge in [-0.2, -0.15) is 26.3 Å². The Bertz CT molecular complexity index is 688. The minimum absolute atomic E-state index is 0.0702. The van der Waals surface area contributed by atoms with Gasteiger partial charge in [-0.1, -0.05) is 0 Å². The first-order valence-corrected chi connectivity index (χ1v) is 8.40. The Morgan fingerprint density at radius 2 is 1.83 bits per heavy atom. The van der Waals surface area contributed by atoms with Gasteiger partial charge < -0.3 is 15.3 Å². The molecule has 0 saturated carbocycles. The second kappa shape index (κ2) is 10.3. The summed E-state index contributed by atoms with van der Waals surface area (Å²) in [5, 5.41) is 12.8. The van der Waals surface area contributed by atoms with Gasteiger partial charge in [-0.25, -0.2) is 14.6 Å². The maximum absolute atomic E-state index is 12.6. The molecule has 1 aliphatic heterocycles. The Kier molecular flexibility index (Phi) is 8.67. The fourth-order valence-corrected chi connectivity index (χ4v) is 2.43. The lowest BCUT2D eigenvalue weighted by molar-refractivity contribution is -0.192. The van der Waals surface area contributed by atoms with Crippen LogP contribution in [-0.4, -0.2) is 59.3 Å². The van der Waals surface area contributed by atoms with E-state index in [1.807, 2.05) is 0 Å². The highest BCUT2D eigenvalue weighted by atomic mass is 19.4. The molecule has 1 saturated heterocycles. The maximum atomic E-state index is 12.6. The van der Waals surface area contributed by atoms with Crippen LogP contribution in [-0.2, 0) is 11.0 Å². The monoisotopic (exact) mass is 430 g/mol. The zero-order chi connectivity index (χ0) is 22.2. The number of anilines is 1. The molecule has 1 aliphatic rings. The van der Waals surface area contributed by atoms with Crippen LogP contribution >= 0.6 is 0 Å². The zero-order valence-electron chi connectivity index (χ0n) is 15.3. The number of rotatable bonds is 2. The van der Waals surface area contributed by atoms with Crippen molar-refractivity contribution >= 4 is 17.8 Å². The molecule has 0 aliphatic carbocycles. The standard InChI is InChI=1S/C14H19F3N4O.C2HF3O2/c1-21(11-3-2-6-18-7-5-11)13(22)20-12-9-10(4-8-19-12)14(15,16)17;3-2(4,5)1(6)7/h4,8-9,11,18H,2-3,5-7H2,1H3,(H,19,20,22);(H,6,7). The predicted molar refractivity (Wildman–Crippen MR) is 90.2 cm³/mol. The molecule has 0 bridgehead atoms. The van der Waals surface area contributed by atoms with Gasteiger partial charge >= 0.3 is 24.4 Å². The first kappa shape index (κ1) is 24.5. The van der Waals surface area contributed by atoms with Gasteiger partial charge in [-0.15, -0.1) is 0 Å². The van der Waals surface area contributed by atoms with Crippen LogP contribution in [0.5, 0.6) is 0 Å². The highest BCUT2D eigenvalue weighted by Crippen LogP contribution is 2.30. The van der Waals surface area contributed by atoms with Crippen molar-refractivity contribution in [2.24, 2.45) is 0 Å². The quantitative estimate of drug-likeness (QED) is 0.626. The van der Waals surface area contributed by atoms with Crippen molar-refractivity contribution < 1.29 is 41.0 Å². The van der Waals surface area contributed by atoms with Gasteiger partial charge in [0.15, 0.2) is 0 Å². The second-order valence-corrected chi connectivity index (χ2v) is 6.11. The Morgan fingerprint density at radius 3 is 2.38 bits per heavy atom. The molecule has 164 valence electrons. The molecule has 0 aromatic carbocycles. The van der Waals surface area contributed by atoms with Crippen LogP contribution in [0.2, 0.25) is 0 Å². The third kappa shape index (κ3) is 8.54. The normalized spacial score (nSPS) is 17.4. The molecule has 1 aromatic rings. The van der Waals surface area contributed by atoms with Crippen LogP contribution in [0.1, 0.15) is 24.8 Å². The van der Waals surface area contributed by atoms with Crippen molar-refractivity contribution in [3.05, 3.63) is 23.9 Å². The molecule has 1 atom stereocenters. The Balaban J connectivity index is 0.000000516. The summed E-state index contributed by atoms with van der Waals surface area (Å²) >= 11 is 0. The molecule has 1 fully saturated rings. The van der Waals surface area contributed by atoms with Crippen LogP contribution in [0.3, 0.4) is 0 Å². The fourth-order valence-electron chi connectivity index (χ4n) is 2.43. The predicted octanol–water partition coefficient (Wildman–Crippen LogP) is 3.34. The Morgan fingerprint density at radius 1 is 1.21 bits per heavy atom. The largest absolute Gasteiger partial charge is 0.490 e. The van der Waals surface area contributed by atoms with E-state index in [4.69, 9.17) is 9.90 Å². The van der Waals surface area contributed by atoms with E-state index in [1.165, 1.54) is 4.90 Å². The highest BCUT2D eigenvalue weighted by molar-refractivity contribution is 5.88. The lowest BCUT2D eigenvalue weighted by Gasteiger charge is -2.27. The number of aromatic nitrogens is 1. The number of hydrogen-bond donors (Lipinski definition) is 3. The van der Waals surface area contributed by atoms with Crippen molar-refractivity contribution in [2.45, 2.75) is 37.7 Å². The van der Waals surface area contributed by atoms with E-state index < -0.39 is 29.9 Å². The van der Waals surface area contributed by atoms with Gasteiger partial charge in [0.25, 0.3) is 0 Å². The van der Waals surface area contributed by atoms with Crippen molar-refractivity contribution in [3.8, 4) is 0 Å². The van der Waals surface area contributed by atoms with Gasteiger partial charge in [-0.3, -0.25) is 5.32 Å². The Labute approximate surface area is 162 Å². The number of nitrogens with zero attached hydrogens (tertiary/aromatic N) is 2. The number of carbonyl (C=O) groups is 2. The molecule has 3 N–H and O–H groups in total. The summed E-state index contributed by atoms with van der Waals surface area (Å²) in [4.78, 5) is 26.4. The highest BCUT2D eigenvalue weighted by Gasteiger charge is 2.38. The summed E-state index contributed by atoms with van der Waals surface area (Å²) in [6.07, 6.45) is -5.85. The number of carbonyl (C=O) groups excluding carboxylic acids is 1. The zero-order valence-corrected chi connectivity index (χ0v) is 15.3. The van der Waals surface area contributed by atoms with E-state index in [0.29, 0.717) is 0 Å². The maximum Gasteiger partial charge on any atom is 0.490 e. The lowest BCUT2D eigenvalue weighted by atomic mass is 10.1. The van der Waals surface area contributed by atoms with Crippen LogP contribution < -0.4 is 10.6 Å². The number of urea groups is 1. The average Bonchev–Trinajstić information content (AvgIpc) is 2.89. The number of pyridine rings is 1. The summed E-state index contributed by atoms with van der Waals surface area (Å²) in [6, 6.07) is 1.33. The van der Waals surface area contributed by atoms with Crippen LogP contribution in [0, 0.1) is 0 Å². The van der Waals surface area contributed by atoms with Crippen molar-refractivity contribution in [1.82, 2.24) is 15.2 Å².